The molecular weight excluding hydrogens is 333 g/mol. The molecule has 5 heteroatoms. The molecule has 2 rings (SSSR count). The minimum atomic E-state index is -0.212. The normalized spacial score (nSPS) is 12.7. The van der Waals surface area contributed by atoms with Gasteiger partial charge in [0.2, 0.25) is 0 Å². The Kier molecular flexibility index (Phi) is 5.17. The standard InChI is InChI=1S/C16H21BrFN3/c1-4-14-16(10(3)19)15(5-2)21(20-14)9-11-8-12(17)6-7-13(11)18/h6-8,10H,4-5,9,19H2,1-3H3. The fourth-order valence-corrected chi connectivity index (χ4v) is 3.09. The zero-order chi connectivity index (χ0) is 15.6. The van der Waals surface area contributed by atoms with Crippen molar-refractivity contribution in [2.45, 2.75) is 46.2 Å². The van der Waals surface area contributed by atoms with E-state index in [0.29, 0.717) is 12.1 Å². The van der Waals surface area contributed by atoms with Gasteiger partial charge in [0.25, 0.3) is 0 Å². The molecule has 0 amide bonds. The molecule has 0 bridgehead atoms. The first-order chi connectivity index (χ1) is 9.97. The van der Waals surface area contributed by atoms with Crippen molar-refractivity contribution in [1.29, 1.82) is 0 Å². The fraction of sp³-hybridized carbons (Fsp3) is 0.438. The Morgan fingerprint density at radius 2 is 2.05 bits per heavy atom. The first kappa shape index (κ1) is 16.2. The zero-order valence-corrected chi connectivity index (χ0v) is 14.2. The van der Waals surface area contributed by atoms with E-state index in [4.69, 9.17) is 5.73 Å². The summed E-state index contributed by atoms with van der Waals surface area (Å²) in [6.45, 7) is 6.54. The van der Waals surface area contributed by atoms with Gasteiger partial charge in [0.15, 0.2) is 0 Å². The molecule has 1 heterocycles. The summed E-state index contributed by atoms with van der Waals surface area (Å²) in [6.07, 6.45) is 1.66. The van der Waals surface area contributed by atoms with Crippen LogP contribution in [0.4, 0.5) is 4.39 Å². The Morgan fingerprint density at radius 1 is 1.33 bits per heavy atom. The van der Waals surface area contributed by atoms with Crippen molar-refractivity contribution in [1.82, 2.24) is 9.78 Å². The van der Waals surface area contributed by atoms with Crippen LogP contribution in [0.15, 0.2) is 22.7 Å². The van der Waals surface area contributed by atoms with Crippen LogP contribution in [0, 0.1) is 5.82 Å². The number of aromatic nitrogens is 2. The molecule has 1 atom stereocenters. The van der Waals surface area contributed by atoms with E-state index in [1.54, 1.807) is 12.1 Å². The van der Waals surface area contributed by atoms with Gasteiger partial charge in [-0.3, -0.25) is 4.68 Å². The van der Waals surface area contributed by atoms with Crippen molar-refractivity contribution in [2.75, 3.05) is 0 Å². The summed E-state index contributed by atoms with van der Waals surface area (Å²) in [7, 11) is 0. The maximum absolute atomic E-state index is 14.0. The van der Waals surface area contributed by atoms with Crippen LogP contribution >= 0.6 is 15.9 Å². The summed E-state index contributed by atoms with van der Waals surface area (Å²) in [6, 6.07) is 4.92. The van der Waals surface area contributed by atoms with Gasteiger partial charge >= 0.3 is 0 Å². The van der Waals surface area contributed by atoms with Crippen LogP contribution in [0.5, 0.6) is 0 Å². The molecule has 3 nitrogen and oxygen atoms in total. The smallest absolute Gasteiger partial charge is 0.128 e. The van der Waals surface area contributed by atoms with E-state index in [1.807, 2.05) is 11.6 Å². The first-order valence-corrected chi connectivity index (χ1v) is 8.05. The number of benzene rings is 1. The predicted octanol–water partition coefficient (Wildman–Crippen LogP) is 3.98. The lowest BCUT2D eigenvalue weighted by Crippen LogP contribution is -2.11. The number of hydrogen-bond donors (Lipinski definition) is 1. The molecule has 0 saturated heterocycles. The van der Waals surface area contributed by atoms with E-state index in [2.05, 4.69) is 34.9 Å². The molecule has 1 aromatic carbocycles. The van der Waals surface area contributed by atoms with E-state index in [9.17, 15) is 4.39 Å². The molecule has 1 aromatic heterocycles. The topological polar surface area (TPSA) is 43.8 Å². The Balaban J connectivity index is 2.46. The molecule has 0 aliphatic heterocycles. The molecule has 1 unspecified atom stereocenters. The van der Waals surface area contributed by atoms with Crippen LogP contribution in [0.3, 0.4) is 0 Å². The van der Waals surface area contributed by atoms with Crippen molar-refractivity contribution < 1.29 is 4.39 Å². The van der Waals surface area contributed by atoms with Gasteiger partial charge in [0, 0.05) is 27.3 Å². The third-order valence-corrected chi connectivity index (χ3v) is 4.12. The van der Waals surface area contributed by atoms with Gasteiger partial charge in [0.1, 0.15) is 5.82 Å². The molecule has 21 heavy (non-hydrogen) atoms. The van der Waals surface area contributed by atoms with Gasteiger partial charge < -0.3 is 5.73 Å². The zero-order valence-electron chi connectivity index (χ0n) is 12.7. The monoisotopic (exact) mass is 353 g/mol. The molecule has 0 aliphatic rings. The van der Waals surface area contributed by atoms with E-state index in [1.165, 1.54) is 6.07 Å². The van der Waals surface area contributed by atoms with Gasteiger partial charge in [-0.25, -0.2) is 4.39 Å². The average Bonchev–Trinajstić information content (AvgIpc) is 2.80. The number of aryl methyl sites for hydroxylation is 1. The van der Waals surface area contributed by atoms with E-state index in [0.717, 1.165) is 34.3 Å². The Labute approximate surface area is 133 Å². The Hall–Kier alpha value is -1.20. The second kappa shape index (κ2) is 6.71. The van der Waals surface area contributed by atoms with Crippen LogP contribution in [-0.4, -0.2) is 9.78 Å². The maximum atomic E-state index is 14.0. The van der Waals surface area contributed by atoms with Gasteiger partial charge in [-0.05, 0) is 38.0 Å². The molecular formula is C16H21BrFN3. The van der Waals surface area contributed by atoms with Crippen molar-refractivity contribution in [3.8, 4) is 0 Å². The average molecular weight is 354 g/mol. The van der Waals surface area contributed by atoms with Crippen LogP contribution in [-0.2, 0) is 19.4 Å². The van der Waals surface area contributed by atoms with Crippen LogP contribution < -0.4 is 5.73 Å². The third kappa shape index (κ3) is 3.35. The summed E-state index contributed by atoms with van der Waals surface area (Å²) < 4.78 is 16.7. The van der Waals surface area contributed by atoms with Crippen LogP contribution in [0.2, 0.25) is 0 Å². The molecule has 0 radical (unpaired) electrons. The summed E-state index contributed by atoms with van der Waals surface area (Å²) in [5, 5.41) is 4.64. The number of nitrogens with two attached hydrogens (primary N) is 1. The minimum Gasteiger partial charge on any atom is -0.324 e. The predicted molar refractivity (Wildman–Crippen MR) is 86.8 cm³/mol. The molecule has 0 spiro atoms. The summed E-state index contributed by atoms with van der Waals surface area (Å²) in [5.74, 6) is -0.212. The summed E-state index contributed by atoms with van der Waals surface area (Å²) in [5.41, 5.74) is 9.93. The second-order valence-corrected chi connectivity index (χ2v) is 6.11. The molecule has 0 aliphatic carbocycles. The van der Waals surface area contributed by atoms with E-state index in [-0.39, 0.29) is 11.9 Å². The van der Waals surface area contributed by atoms with Gasteiger partial charge in [-0.15, -0.1) is 0 Å². The van der Waals surface area contributed by atoms with Crippen molar-refractivity contribution >= 4 is 15.9 Å². The van der Waals surface area contributed by atoms with E-state index < -0.39 is 0 Å². The molecule has 114 valence electrons. The van der Waals surface area contributed by atoms with Crippen molar-refractivity contribution in [2.24, 2.45) is 5.73 Å². The second-order valence-electron chi connectivity index (χ2n) is 5.20. The highest BCUT2D eigenvalue weighted by atomic mass is 79.9. The molecule has 2 N–H and O–H groups in total. The molecule has 0 fully saturated rings. The van der Waals surface area contributed by atoms with Gasteiger partial charge in [-0.2, -0.15) is 5.10 Å². The fourth-order valence-electron chi connectivity index (χ4n) is 2.68. The quantitative estimate of drug-likeness (QED) is 0.883. The maximum Gasteiger partial charge on any atom is 0.128 e. The number of hydrogen-bond acceptors (Lipinski definition) is 2. The van der Waals surface area contributed by atoms with Crippen molar-refractivity contribution in [3.63, 3.8) is 0 Å². The lowest BCUT2D eigenvalue weighted by Gasteiger charge is -2.11. The highest BCUT2D eigenvalue weighted by Crippen LogP contribution is 2.24. The highest BCUT2D eigenvalue weighted by Gasteiger charge is 2.19. The Morgan fingerprint density at radius 3 is 2.62 bits per heavy atom. The number of rotatable bonds is 5. The Bertz CT molecular complexity index is 635. The van der Waals surface area contributed by atoms with Crippen LogP contribution in [0.25, 0.3) is 0 Å². The van der Waals surface area contributed by atoms with Gasteiger partial charge in [-0.1, -0.05) is 29.8 Å². The third-order valence-electron chi connectivity index (χ3n) is 3.63. The number of nitrogens with zero attached hydrogens (tertiary/aromatic N) is 2. The number of halogens is 2. The lowest BCUT2D eigenvalue weighted by atomic mass is 10.0. The highest BCUT2D eigenvalue weighted by molar-refractivity contribution is 9.10. The molecule has 0 saturated carbocycles. The summed E-state index contributed by atoms with van der Waals surface area (Å²) >= 11 is 3.39. The summed E-state index contributed by atoms with van der Waals surface area (Å²) in [4.78, 5) is 0. The minimum absolute atomic E-state index is 0.0593. The van der Waals surface area contributed by atoms with Crippen molar-refractivity contribution in [3.05, 3.63) is 51.0 Å². The van der Waals surface area contributed by atoms with Crippen LogP contribution in [0.1, 0.15) is 49.3 Å². The lowest BCUT2D eigenvalue weighted by molar-refractivity contribution is 0.572. The van der Waals surface area contributed by atoms with E-state index >= 15 is 0 Å². The SMILES string of the molecule is CCc1nn(Cc2cc(Br)ccc2F)c(CC)c1C(C)N. The molecule has 2 aromatic rings. The van der Waals surface area contributed by atoms with Gasteiger partial charge in [0.05, 0.1) is 12.2 Å². The largest absolute Gasteiger partial charge is 0.324 e. The first-order valence-electron chi connectivity index (χ1n) is 7.25.